The molecule has 1 N–H and O–H groups in total. The van der Waals surface area contributed by atoms with Crippen molar-refractivity contribution in [1.82, 2.24) is 9.97 Å². The van der Waals surface area contributed by atoms with Gasteiger partial charge in [0.05, 0.1) is 5.69 Å². The van der Waals surface area contributed by atoms with Crippen LogP contribution in [0.3, 0.4) is 0 Å². The Morgan fingerprint density at radius 2 is 2.05 bits per heavy atom. The van der Waals surface area contributed by atoms with Gasteiger partial charge in [0.2, 0.25) is 0 Å². The zero-order valence-electron chi connectivity index (χ0n) is 11.8. The van der Waals surface area contributed by atoms with Crippen LogP contribution in [0.5, 0.6) is 0 Å². The second-order valence-electron chi connectivity index (χ2n) is 4.77. The summed E-state index contributed by atoms with van der Waals surface area (Å²) in [4.78, 5) is 19.1. The molecule has 4 heteroatoms. The van der Waals surface area contributed by atoms with Gasteiger partial charge in [0, 0.05) is 17.7 Å². The first-order valence-corrected chi connectivity index (χ1v) is 6.47. The van der Waals surface area contributed by atoms with Crippen molar-refractivity contribution in [3.05, 3.63) is 65.3 Å². The fourth-order valence-corrected chi connectivity index (χ4v) is 1.83. The predicted octanol–water partition coefficient (Wildman–Crippen LogP) is 2.93. The van der Waals surface area contributed by atoms with E-state index in [1.165, 1.54) is 5.56 Å². The van der Waals surface area contributed by atoms with Gasteiger partial charge < -0.3 is 9.72 Å². The van der Waals surface area contributed by atoms with Gasteiger partial charge >= 0.3 is 5.97 Å². The molecule has 0 aliphatic carbocycles. The normalized spacial score (nSPS) is 10.3. The van der Waals surface area contributed by atoms with Crippen molar-refractivity contribution in [2.24, 2.45) is 0 Å². The van der Waals surface area contributed by atoms with Crippen molar-refractivity contribution in [2.45, 2.75) is 26.9 Å². The third-order valence-corrected chi connectivity index (χ3v) is 2.94. The molecule has 0 fully saturated rings. The second-order valence-corrected chi connectivity index (χ2v) is 4.77. The van der Waals surface area contributed by atoms with Crippen LogP contribution in [0.1, 0.15) is 29.7 Å². The van der Waals surface area contributed by atoms with Gasteiger partial charge in [-0.05, 0) is 19.4 Å². The van der Waals surface area contributed by atoms with Crippen molar-refractivity contribution >= 4 is 5.97 Å². The lowest BCUT2D eigenvalue weighted by Gasteiger charge is -2.02. The Hall–Kier alpha value is -2.36. The van der Waals surface area contributed by atoms with Gasteiger partial charge in [0.25, 0.3) is 0 Å². The van der Waals surface area contributed by atoms with Crippen molar-refractivity contribution in [1.29, 1.82) is 0 Å². The van der Waals surface area contributed by atoms with E-state index in [4.69, 9.17) is 4.74 Å². The Balaban J connectivity index is 2.02. The molecule has 4 nitrogen and oxygen atoms in total. The molecule has 104 valence electrons. The van der Waals surface area contributed by atoms with Crippen molar-refractivity contribution < 1.29 is 9.53 Å². The van der Waals surface area contributed by atoms with Crippen LogP contribution in [-0.2, 0) is 22.6 Å². The highest BCUT2D eigenvalue weighted by atomic mass is 16.5. The summed E-state index contributed by atoms with van der Waals surface area (Å²) in [5.74, 6) is 0.479. The lowest BCUT2D eigenvalue weighted by atomic mass is 10.1. The molecule has 0 saturated heterocycles. The van der Waals surface area contributed by atoms with E-state index in [1.807, 2.05) is 25.1 Å². The molecule has 0 bridgehead atoms. The number of hydrogen-bond donors (Lipinski definition) is 1. The third-order valence-electron chi connectivity index (χ3n) is 2.94. The number of carbonyl (C=O) groups excluding carboxylic acids is 1. The largest absolute Gasteiger partial charge is 0.456 e. The van der Waals surface area contributed by atoms with E-state index in [0.29, 0.717) is 5.57 Å². The van der Waals surface area contributed by atoms with Crippen LogP contribution in [0, 0.1) is 6.92 Å². The average molecular weight is 270 g/mol. The molecule has 1 aromatic carbocycles. The summed E-state index contributed by atoms with van der Waals surface area (Å²) in [5, 5.41) is 0. The SMILES string of the molecule is C=C(C)C(=O)OCc1nc(Cc2ccccc2)[nH]c1C. The van der Waals surface area contributed by atoms with E-state index in [-0.39, 0.29) is 6.61 Å². The highest BCUT2D eigenvalue weighted by Crippen LogP contribution is 2.11. The monoisotopic (exact) mass is 270 g/mol. The molecule has 0 amide bonds. The minimum Gasteiger partial charge on any atom is -0.456 e. The van der Waals surface area contributed by atoms with Gasteiger partial charge in [0.1, 0.15) is 12.4 Å². The minimum absolute atomic E-state index is 0.169. The smallest absolute Gasteiger partial charge is 0.333 e. The summed E-state index contributed by atoms with van der Waals surface area (Å²) in [6, 6.07) is 10.1. The summed E-state index contributed by atoms with van der Waals surface area (Å²) in [7, 11) is 0. The maximum Gasteiger partial charge on any atom is 0.333 e. The lowest BCUT2D eigenvalue weighted by molar-refractivity contribution is -0.140. The molecule has 1 heterocycles. The van der Waals surface area contributed by atoms with E-state index in [2.05, 4.69) is 28.7 Å². The van der Waals surface area contributed by atoms with E-state index in [9.17, 15) is 4.79 Å². The van der Waals surface area contributed by atoms with Crippen LogP contribution < -0.4 is 0 Å². The molecule has 2 aromatic rings. The number of nitrogens with zero attached hydrogens (tertiary/aromatic N) is 1. The highest BCUT2D eigenvalue weighted by molar-refractivity contribution is 5.86. The van der Waals surface area contributed by atoms with Gasteiger partial charge in [-0.1, -0.05) is 36.9 Å². The van der Waals surface area contributed by atoms with Crippen molar-refractivity contribution in [2.75, 3.05) is 0 Å². The lowest BCUT2D eigenvalue weighted by Crippen LogP contribution is -2.05. The number of H-pyrrole nitrogens is 1. The molecule has 0 radical (unpaired) electrons. The van der Waals surface area contributed by atoms with Crippen LogP contribution in [0.2, 0.25) is 0 Å². The first kappa shape index (κ1) is 14.1. The first-order valence-electron chi connectivity index (χ1n) is 6.47. The maximum atomic E-state index is 11.4. The Labute approximate surface area is 118 Å². The first-order chi connectivity index (χ1) is 9.56. The second kappa shape index (κ2) is 6.19. The molecule has 0 aliphatic rings. The van der Waals surface area contributed by atoms with Gasteiger partial charge in [-0.2, -0.15) is 0 Å². The molecule has 2 rings (SSSR count). The standard InChI is InChI=1S/C16H18N2O2/c1-11(2)16(19)20-10-14-12(3)17-15(18-14)9-13-7-5-4-6-8-13/h4-8H,1,9-10H2,2-3H3,(H,17,18). The molecule has 0 unspecified atom stereocenters. The molecule has 0 aliphatic heterocycles. The Bertz CT molecular complexity index is 615. The highest BCUT2D eigenvalue weighted by Gasteiger charge is 2.10. The molecule has 1 aromatic heterocycles. The zero-order chi connectivity index (χ0) is 14.5. The molecule has 0 atom stereocenters. The van der Waals surface area contributed by atoms with Crippen molar-refractivity contribution in [3.8, 4) is 0 Å². The van der Waals surface area contributed by atoms with E-state index >= 15 is 0 Å². The van der Waals surface area contributed by atoms with Crippen molar-refractivity contribution in [3.63, 3.8) is 0 Å². The maximum absolute atomic E-state index is 11.4. The zero-order valence-corrected chi connectivity index (χ0v) is 11.8. The molecular formula is C16H18N2O2. The van der Waals surface area contributed by atoms with Crippen LogP contribution in [0.4, 0.5) is 0 Å². The molecular weight excluding hydrogens is 252 g/mol. The number of aryl methyl sites for hydroxylation is 1. The predicted molar refractivity (Wildman–Crippen MR) is 77.2 cm³/mol. The topological polar surface area (TPSA) is 55.0 Å². The Morgan fingerprint density at radius 1 is 1.35 bits per heavy atom. The van der Waals surface area contributed by atoms with Gasteiger partial charge in [0.15, 0.2) is 0 Å². The summed E-state index contributed by atoms with van der Waals surface area (Å²) in [6.07, 6.45) is 0.732. The number of aromatic amines is 1. The fourth-order valence-electron chi connectivity index (χ4n) is 1.83. The number of esters is 1. The molecule has 20 heavy (non-hydrogen) atoms. The Kier molecular flexibility index (Phi) is 4.35. The summed E-state index contributed by atoms with van der Waals surface area (Å²) in [6.45, 7) is 7.27. The summed E-state index contributed by atoms with van der Waals surface area (Å²) in [5.41, 5.74) is 3.26. The van der Waals surface area contributed by atoms with Gasteiger partial charge in [-0.25, -0.2) is 9.78 Å². The Morgan fingerprint density at radius 3 is 2.70 bits per heavy atom. The number of aromatic nitrogens is 2. The fraction of sp³-hybridized carbons (Fsp3) is 0.250. The van der Waals surface area contributed by atoms with Crippen LogP contribution in [0.15, 0.2) is 42.5 Å². The van der Waals surface area contributed by atoms with E-state index < -0.39 is 5.97 Å². The average Bonchev–Trinajstić information content (AvgIpc) is 2.77. The third kappa shape index (κ3) is 3.57. The van der Waals surface area contributed by atoms with Gasteiger partial charge in [-0.3, -0.25) is 0 Å². The quantitative estimate of drug-likeness (QED) is 0.671. The minimum atomic E-state index is -0.392. The van der Waals surface area contributed by atoms with Gasteiger partial charge in [-0.15, -0.1) is 0 Å². The number of benzene rings is 1. The molecule has 0 spiro atoms. The number of carbonyl (C=O) groups is 1. The summed E-state index contributed by atoms with van der Waals surface area (Å²) < 4.78 is 5.11. The number of rotatable bonds is 5. The van der Waals surface area contributed by atoms with Crippen LogP contribution >= 0.6 is 0 Å². The number of nitrogens with one attached hydrogen (secondary N) is 1. The number of ether oxygens (including phenoxy) is 1. The number of imidazole rings is 1. The number of hydrogen-bond acceptors (Lipinski definition) is 3. The van der Waals surface area contributed by atoms with Crippen LogP contribution in [0.25, 0.3) is 0 Å². The van der Waals surface area contributed by atoms with E-state index in [1.54, 1.807) is 6.92 Å². The molecule has 0 saturated carbocycles. The van der Waals surface area contributed by atoms with E-state index in [0.717, 1.165) is 23.6 Å². The van der Waals surface area contributed by atoms with Crippen LogP contribution in [-0.4, -0.2) is 15.9 Å². The summed E-state index contributed by atoms with van der Waals surface area (Å²) >= 11 is 0.